The summed E-state index contributed by atoms with van der Waals surface area (Å²) in [5.41, 5.74) is 0. The molecule has 3 rings (SSSR count). The smallest absolute Gasteiger partial charge is 0.249 e. The number of carbonyl (C=O) groups is 1. The molecule has 2 saturated carbocycles. The highest BCUT2D eigenvalue weighted by Gasteiger charge is 2.37. The largest absolute Gasteiger partial charge is 0.272 e. The first-order valence-electron chi connectivity index (χ1n) is 7.79. The Bertz CT molecular complexity index is 299. The van der Waals surface area contributed by atoms with Gasteiger partial charge >= 0.3 is 0 Å². The topological polar surface area (TPSA) is 29.5 Å². The van der Waals surface area contributed by atoms with Crippen molar-refractivity contribution in [3.05, 3.63) is 0 Å². The zero-order valence-corrected chi connectivity index (χ0v) is 11.3. The lowest BCUT2D eigenvalue weighted by Crippen LogP contribution is -2.42. The predicted molar refractivity (Wildman–Crippen MR) is 69.7 cm³/mol. The Labute approximate surface area is 110 Å². The van der Waals surface area contributed by atoms with Gasteiger partial charge in [-0.15, -0.1) is 0 Å². The fourth-order valence-corrected chi connectivity index (χ4v) is 4.07. The van der Waals surface area contributed by atoms with Gasteiger partial charge in [0.1, 0.15) is 0 Å². The van der Waals surface area contributed by atoms with Crippen molar-refractivity contribution >= 4 is 5.91 Å². The van der Waals surface area contributed by atoms with Crippen molar-refractivity contribution in [2.45, 2.75) is 57.8 Å². The molecular formula is C15H25NO2. The number of hydroxylamine groups is 2. The number of amides is 1. The van der Waals surface area contributed by atoms with E-state index in [1.54, 1.807) is 5.06 Å². The van der Waals surface area contributed by atoms with Crippen LogP contribution < -0.4 is 0 Å². The maximum absolute atomic E-state index is 12.4. The number of fused-ring (bicyclic) bond motifs is 1. The van der Waals surface area contributed by atoms with Gasteiger partial charge < -0.3 is 0 Å². The molecule has 0 aromatic heterocycles. The summed E-state index contributed by atoms with van der Waals surface area (Å²) in [5.74, 6) is 2.28. The van der Waals surface area contributed by atoms with E-state index in [0.29, 0.717) is 0 Å². The fraction of sp³-hybridized carbons (Fsp3) is 0.933. The molecule has 18 heavy (non-hydrogen) atoms. The zero-order valence-electron chi connectivity index (χ0n) is 11.3. The van der Waals surface area contributed by atoms with Crippen LogP contribution in [0.4, 0.5) is 0 Å². The summed E-state index contributed by atoms with van der Waals surface area (Å²) in [4.78, 5) is 17.9. The Balaban J connectivity index is 1.57. The van der Waals surface area contributed by atoms with E-state index in [1.165, 1.54) is 32.1 Å². The SMILES string of the molecule is O=C(C1CCC2CCCCC2C1)N1CCCCO1. The first-order valence-corrected chi connectivity index (χ1v) is 7.79. The molecule has 0 spiro atoms. The van der Waals surface area contributed by atoms with Crippen LogP contribution in [-0.2, 0) is 9.63 Å². The Morgan fingerprint density at radius 3 is 2.56 bits per heavy atom. The average Bonchev–Trinajstić information content (AvgIpc) is 2.47. The summed E-state index contributed by atoms with van der Waals surface area (Å²) in [6.45, 7) is 1.54. The number of hydrogen-bond acceptors (Lipinski definition) is 2. The van der Waals surface area contributed by atoms with Crippen LogP contribution in [0.1, 0.15) is 57.8 Å². The predicted octanol–water partition coefficient (Wildman–Crippen LogP) is 3.15. The summed E-state index contributed by atoms with van der Waals surface area (Å²) in [6, 6.07) is 0. The molecule has 1 heterocycles. The highest BCUT2D eigenvalue weighted by molar-refractivity contribution is 5.78. The van der Waals surface area contributed by atoms with E-state index in [2.05, 4.69) is 0 Å². The summed E-state index contributed by atoms with van der Waals surface area (Å²) < 4.78 is 0. The third-order valence-corrected chi connectivity index (χ3v) is 5.14. The molecule has 0 aromatic rings. The summed E-state index contributed by atoms with van der Waals surface area (Å²) in [6.07, 6.45) is 11.3. The molecule has 3 heteroatoms. The number of carbonyl (C=O) groups excluding carboxylic acids is 1. The quantitative estimate of drug-likeness (QED) is 0.716. The molecule has 1 aliphatic heterocycles. The maximum atomic E-state index is 12.4. The Kier molecular flexibility index (Phi) is 3.88. The molecule has 1 amide bonds. The Morgan fingerprint density at radius 2 is 1.78 bits per heavy atom. The van der Waals surface area contributed by atoms with Crippen LogP contribution in [0.2, 0.25) is 0 Å². The lowest BCUT2D eigenvalue weighted by atomic mass is 9.67. The standard InChI is InChI=1S/C15H25NO2/c17-15(16-9-3-4-10-18-16)14-8-7-12-5-1-2-6-13(12)11-14/h12-14H,1-11H2. The molecule has 0 radical (unpaired) electrons. The first kappa shape index (κ1) is 12.5. The molecule has 0 aromatic carbocycles. The van der Waals surface area contributed by atoms with E-state index in [4.69, 9.17) is 4.84 Å². The van der Waals surface area contributed by atoms with Crippen molar-refractivity contribution in [3.8, 4) is 0 Å². The molecule has 1 saturated heterocycles. The molecule has 3 aliphatic rings. The van der Waals surface area contributed by atoms with Gasteiger partial charge in [-0.25, -0.2) is 5.06 Å². The monoisotopic (exact) mass is 251 g/mol. The van der Waals surface area contributed by atoms with Crippen LogP contribution in [0.15, 0.2) is 0 Å². The van der Waals surface area contributed by atoms with Crippen LogP contribution in [0.5, 0.6) is 0 Å². The van der Waals surface area contributed by atoms with E-state index in [9.17, 15) is 4.79 Å². The molecule has 3 nitrogen and oxygen atoms in total. The average molecular weight is 251 g/mol. The molecule has 3 fully saturated rings. The van der Waals surface area contributed by atoms with Crippen LogP contribution in [0.3, 0.4) is 0 Å². The lowest BCUT2D eigenvalue weighted by molar-refractivity contribution is -0.203. The van der Waals surface area contributed by atoms with Gasteiger partial charge in [0.15, 0.2) is 0 Å². The molecule has 0 N–H and O–H groups in total. The molecular weight excluding hydrogens is 226 g/mol. The highest BCUT2D eigenvalue weighted by atomic mass is 16.7. The molecule has 3 unspecified atom stereocenters. The van der Waals surface area contributed by atoms with E-state index in [0.717, 1.165) is 50.7 Å². The summed E-state index contributed by atoms with van der Waals surface area (Å²) in [7, 11) is 0. The van der Waals surface area contributed by atoms with Crippen LogP contribution in [0, 0.1) is 17.8 Å². The van der Waals surface area contributed by atoms with Gasteiger partial charge in [0.2, 0.25) is 5.91 Å². The maximum Gasteiger partial charge on any atom is 0.249 e. The van der Waals surface area contributed by atoms with Gasteiger partial charge in [-0.2, -0.15) is 0 Å². The van der Waals surface area contributed by atoms with Gasteiger partial charge in [-0.05, 0) is 43.9 Å². The van der Waals surface area contributed by atoms with Crippen molar-refractivity contribution in [3.63, 3.8) is 0 Å². The van der Waals surface area contributed by atoms with E-state index in [1.807, 2.05) is 0 Å². The molecule has 102 valence electrons. The summed E-state index contributed by atoms with van der Waals surface area (Å²) >= 11 is 0. The van der Waals surface area contributed by atoms with Gasteiger partial charge in [-0.3, -0.25) is 9.63 Å². The van der Waals surface area contributed by atoms with Crippen molar-refractivity contribution in [2.24, 2.45) is 17.8 Å². The van der Waals surface area contributed by atoms with Crippen LogP contribution in [-0.4, -0.2) is 24.1 Å². The van der Waals surface area contributed by atoms with Crippen molar-refractivity contribution in [2.75, 3.05) is 13.2 Å². The molecule has 2 aliphatic carbocycles. The minimum absolute atomic E-state index is 0.252. The number of nitrogens with zero attached hydrogens (tertiary/aromatic N) is 1. The normalized spacial score (nSPS) is 37.1. The van der Waals surface area contributed by atoms with Crippen molar-refractivity contribution < 1.29 is 9.63 Å². The van der Waals surface area contributed by atoms with Gasteiger partial charge in [0, 0.05) is 12.5 Å². The van der Waals surface area contributed by atoms with Crippen LogP contribution >= 0.6 is 0 Å². The first-order chi connectivity index (χ1) is 8.84. The third kappa shape index (κ3) is 2.56. The third-order valence-electron chi connectivity index (χ3n) is 5.14. The zero-order chi connectivity index (χ0) is 12.4. The fourth-order valence-electron chi connectivity index (χ4n) is 4.07. The molecule has 3 atom stereocenters. The Morgan fingerprint density at radius 1 is 0.944 bits per heavy atom. The lowest BCUT2D eigenvalue weighted by Gasteiger charge is -2.40. The number of rotatable bonds is 1. The number of hydrogen-bond donors (Lipinski definition) is 0. The van der Waals surface area contributed by atoms with Gasteiger partial charge in [-0.1, -0.05) is 25.7 Å². The van der Waals surface area contributed by atoms with Gasteiger partial charge in [0.05, 0.1) is 6.61 Å². The summed E-state index contributed by atoms with van der Waals surface area (Å²) in [5, 5.41) is 1.66. The van der Waals surface area contributed by atoms with E-state index < -0.39 is 0 Å². The highest BCUT2D eigenvalue weighted by Crippen LogP contribution is 2.43. The van der Waals surface area contributed by atoms with E-state index >= 15 is 0 Å². The Hall–Kier alpha value is -0.570. The van der Waals surface area contributed by atoms with Crippen LogP contribution in [0.25, 0.3) is 0 Å². The minimum Gasteiger partial charge on any atom is -0.272 e. The second-order valence-corrected chi connectivity index (χ2v) is 6.30. The molecule has 0 bridgehead atoms. The van der Waals surface area contributed by atoms with Crippen molar-refractivity contribution in [1.29, 1.82) is 0 Å². The van der Waals surface area contributed by atoms with Gasteiger partial charge in [0.25, 0.3) is 0 Å². The van der Waals surface area contributed by atoms with E-state index in [-0.39, 0.29) is 11.8 Å². The second-order valence-electron chi connectivity index (χ2n) is 6.30. The van der Waals surface area contributed by atoms with Crippen molar-refractivity contribution in [1.82, 2.24) is 5.06 Å². The minimum atomic E-state index is 0.252. The second kappa shape index (κ2) is 5.60.